The van der Waals surface area contributed by atoms with Crippen molar-refractivity contribution in [1.29, 1.82) is 5.26 Å². The molecule has 4 aromatic rings. The van der Waals surface area contributed by atoms with Crippen molar-refractivity contribution >= 4 is 23.2 Å². The number of fused-ring (bicyclic) bond motifs is 1. The number of amides is 1. The van der Waals surface area contributed by atoms with Gasteiger partial charge in [-0.15, -0.1) is 0 Å². The lowest BCUT2D eigenvalue weighted by Gasteiger charge is -2.14. The van der Waals surface area contributed by atoms with Gasteiger partial charge in [-0.3, -0.25) is 4.79 Å². The lowest BCUT2D eigenvalue weighted by molar-refractivity contribution is 0.0939. The van der Waals surface area contributed by atoms with E-state index in [0.717, 1.165) is 48.1 Å². The second-order valence-corrected chi connectivity index (χ2v) is 8.35. The summed E-state index contributed by atoms with van der Waals surface area (Å²) < 4.78 is 1.68. The van der Waals surface area contributed by atoms with E-state index in [1.807, 2.05) is 36.4 Å². The molecular weight excluding hydrogens is 422 g/mol. The Kier molecular flexibility index (Phi) is 5.34. The summed E-state index contributed by atoms with van der Waals surface area (Å²) in [6.45, 7) is 0. The predicted octanol–water partition coefficient (Wildman–Crippen LogP) is 5.26. The summed E-state index contributed by atoms with van der Waals surface area (Å²) in [7, 11) is 0. The van der Waals surface area contributed by atoms with E-state index in [1.54, 1.807) is 29.0 Å². The Hall–Kier alpha value is -3.69. The lowest BCUT2D eigenvalue weighted by atomic mass is 10.00. The summed E-state index contributed by atoms with van der Waals surface area (Å²) in [5, 5.41) is 17.4. The summed E-state index contributed by atoms with van der Waals surface area (Å²) in [5.74, 6) is -0.157. The molecule has 0 radical (unpaired) electrons. The van der Waals surface area contributed by atoms with Crippen LogP contribution in [0.15, 0.2) is 60.9 Å². The molecule has 5 rings (SSSR count). The summed E-state index contributed by atoms with van der Waals surface area (Å²) in [4.78, 5) is 17.6. The number of carbonyl (C=O) groups excluding carboxylic acids is 1. The summed E-state index contributed by atoms with van der Waals surface area (Å²) >= 11 is 6.50. The van der Waals surface area contributed by atoms with Crippen molar-refractivity contribution in [2.45, 2.75) is 31.7 Å². The minimum atomic E-state index is -0.157. The van der Waals surface area contributed by atoms with Crippen molar-refractivity contribution in [2.75, 3.05) is 0 Å². The highest BCUT2D eigenvalue weighted by atomic mass is 35.5. The molecule has 0 saturated heterocycles. The van der Waals surface area contributed by atoms with Gasteiger partial charge in [-0.25, -0.2) is 9.50 Å². The predicted molar refractivity (Wildman–Crippen MR) is 123 cm³/mol. The SMILES string of the molecule is N#Cc1ccc(-c2c(-c3ccccc3Cl)cnc3c(C(=O)NC4CCCC4)cnn23)cc1. The van der Waals surface area contributed by atoms with Crippen molar-refractivity contribution in [3.05, 3.63) is 77.1 Å². The minimum absolute atomic E-state index is 0.157. The first-order valence-corrected chi connectivity index (χ1v) is 11.0. The minimum Gasteiger partial charge on any atom is -0.349 e. The summed E-state index contributed by atoms with van der Waals surface area (Å²) in [6, 6.07) is 17.1. The van der Waals surface area contributed by atoms with E-state index in [1.165, 1.54) is 0 Å². The molecule has 1 amide bonds. The van der Waals surface area contributed by atoms with Gasteiger partial charge in [-0.05, 0) is 31.0 Å². The van der Waals surface area contributed by atoms with Crippen LogP contribution in [0.2, 0.25) is 5.02 Å². The topological polar surface area (TPSA) is 83.1 Å². The Bertz CT molecular complexity index is 1350. The van der Waals surface area contributed by atoms with E-state index in [4.69, 9.17) is 11.6 Å². The van der Waals surface area contributed by atoms with Crippen molar-refractivity contribution in [1.82, 2.24) is 19.9 Å². The van der Waals surface area contributed by atoms with Gasteiger partial charge < -0.3 is 5.32 Å². The number of nitrogens with zero attached hydrogens (tertiary/aromatic N) is 4. The molecule has 158 valence electrons. The number of carbonyl (C=O) groups is 1. The number of halogens is 1. The Morgan fingerprint density at radius 1 is 1.06 bits per heavy atom. The molecule has 1 N–H and O–H groups in total. The largest absolute Gasteiger partial charge is 0.349 e. The highest BCUT2D eigenvalue weighted by Gasteiger charge is 2.23. The van der Waals surface area contributed by atoms with Gasteiger partial charge in [-0.1, -0.05) is 54.8 Å². The van der Waals surface area contributed by atoms with Crippen molar-refractivity contribution in [3.63, 3.8) is 0 Å². The molecule has 0 spiro atoms. The van der Waals surface area contributed by atoms with Crippen LogP contribution in [0.3, 0.4) is 0 Å². The fourth-order valence-electron chi connectivity index (χ4n) is 4.28. The number of nitrogens with one attached hydrogen (secondary N) is 1. The van der Waals surface area contributed by atoms with Gasteiger partial charge in [0.15, 0.2) is 5.65 Å². The van der Waals surface area contributed by atoms with Crippen molar-refractivity contribution in [3.8, 4) is 28.5 Å². The van der Waals surface area contributed by atoms with Crippen LogP contribution in [0, 0.1) is 11.3 Å². The molecule has 1 aliphatic rings. The standard InChI is InChI=1S/C25H20ClN5O/c26-22-8-4-3-7-19(22)20-14-28-24-21(25(32)30-18-5-1-2-6-18)15-29-31(24)23(20)17-11-9-16(13-27)10-12-17/h3-4,7-12,14-15,18H,1-2,5-6H2,(H,30,32). The van der Waals surface area contributed by atoms with Gasteiger partial charge in [0.05, 0.1) is 23.5 Å². The zero-order valence-corrected chi connectivity index (χ0v) is 18.0. The first-order valence-electron chi connectivity index (χ1n) is 10.6. The fourth-order valence-corrected chi connectivity index (χ4v) is 4.52. The van der Waals surface area contributed by atoms with Gasteiger partial charge in [-0.2, -0.15) is 10.4 Å². The molecule has 0 atom stereocenters. The third-order valence-electron chi connectivity index (χ3n) is 5.91. The molecule has 1 aliphatic carbocycles. The molecule has 6 nitrogen and oxygen atoms in total. The Labute approximate surface area is 190 Å². The smallest absolute Gasteiger partial charge is 0.256 e. The average molecular weight is 442 g/mol. The monoisotopic (exact) mass is 441 g/mol. The van der Waals surface area contributed by atoms with E-state index in [0.29, 0.717) is 21.8 Å². The molecule has 1 saturated carbocycles. The molecule has 0 unspecified atom stereocenters. The summed E-state index contributed by atoms with van der Waals surface area (Å²) in [6.07, 6.45) is 7.59. The number of rotatable bonds is 4. The number of benzene rings is 2. The lowest BCUT2D eigenvalue weighted by Crippen LogP contribution is -2.32. The number of nitriles is 1. The quantitative estimate of drug-likeness (QED) is 0.468. The number of hydrogen-bond donors (Lipinski definition) is 1. The Morgan fingerprint density at radius 2 is 1.81 bits per heavy atom. The summed E-state index contributed by atoms with van der Waals surface area (Å²) in [5.41, 5.74) is 4.70. The normalized spacial score (nSPS) is 13.9. The first-order chi connectivity index (χ1) is 15.7. The molecule has 0 aliphatic heterocycles. The van der Waals surface area contributed by atoms with Crippen LogP contribution in [0.1, 0.15) is 41.6 Å². The van der Waals surface area contributed by atoms with Gasteiger partial charge in [0, 0.05) is 34.0 Å². The van der Waals surface area contributed by atoms with Crippen LogP contribution in [-0.4, -0.2) is 26.5 Å². The van der Waals surface area contributed by atoms with E-state index in [-0.39, 0.29) is 11.9 Å². The van der Waals surface area contributed by atoms with Crippen LogP contribution >= 0.6 is 11.6 Å². The highest BCUT2D eigenvalue weighted by molar-refractivity contribution is 6.33. The van der Waals surface area contributed by atoms with Gasteiger partial charge in [0.25, 0.3) is 5.91 Å². The van der Waals surface area contributed by atoms with E-state index >= 15 is 0 Å². The molecule has 32 heavy (non-hydrogen) atoms. The van der Waals surface area contributed by atoms with Crippen LogP contribution in [0.25, 0.3) is 28.0 Å². The van der Waals surface area contributed by atoms with Crippen LogP contribution in [0.4, 0.5) is 0 Å². The molecule has 2 aromatic heterocycles. The maximum absolute atomic E-state index is 13.0. The van der Waals surface area contributed by atoms with Crippen molar-refractivity contribution < 1.29 is 4.79 Å². The average Bonchev–Trinajstić information content (AvgIpc) is 3.49. The third kappa shape index (κ3) is 3.61. The third-order valence-corrected chi connectivity index (χ3v) is 6.24. The second kappa shape index (κ2) is 8.45. The van der Waals surface area contributed by atoms with Crippen molar-refractivity contribution in [2.24, 2.45) is 0 Å². The van der Waals surface area contributed by atoms with E-state index < -0.39 is 0 Å². The Balaban J connectivity index is 1.68. The number of aromatic nitrogens is 3. The first kappa shape index (κ1) is 20.2. The molecule has 0 bridgehead atoms. The van der Waals surface area contributed by atoms with E-state index in [2.05, 4.69) is 21.5 Å². The zero-order chi connectivity index (χ0) is 22.1. The zero-order valence-electron chi connectivity index (χ0n) is 17.3. The Morgan fingerprint density at radius 3 is 2.53 bits per heavy atom. The van der Waals surface area contributed by atoms with Crippen LogP contribution in [0.5, 0.6) is 0 Å². The van der Waals surface area contributed by atoms with Gasteiger partial charge in [0.1, 0.15) is 5.56 Å². The molecule has 2 aromatic carbocycles. The highest BCUT2D eigenvalue weighted by Crippen LogP contribution is 2.36. The molecular formula is C25H20ClN5O. The maximum atomic E-state index is 13.0. The molecule has 2 heterocycles. The van der Waals surface area contributed by atoms with E-state index in [9.17, 15) is 10.1 Å². The molecule has 7 heteroatoms. The second-order valence-electron chi connectivity index (χ2n) is 7.94. The van der Waals surface area contributed by atoms with Crippen LogP contribution in [-0.2, 0) is 0 Å². The van der Waals surface area contributed by atoms with Gasteiger partial charge in [0.2, 0.25) is 0 Å². The maximum Gasteiger partial charge on any atom is 0.256 e. The molecule has 1 fully saturated rings. The van der Waals surface area contributed by atoms with Crippen LogP contribution < -0.4 is 5.32 Å². The fraction of sp³-hybridized carbons (Fsp3) is 0.200. The number of hydrogen-bond acceptors (Lipinski definition) is 4. The van der Waals surface area contributed by atoms with Gasteiger partial charge >= 0.3 is 0 Å².